The van der Waals surface area contributed by atoms with Gasteiger partial charge >= 0.3 is 11.9 Å². The summed E-state index contributed by atoms with van der Waals surface area (Å²) < 4.78 is 0. The number of carbonyl (C=O) groups is 2. The van der Waals surface area contributed by atoms with E-state index in [9.17, 15) is 14.7 Å². The van der Waals surface area contributed by atoms with Crippen molar-refractivity contribution >= 4 is 11.9 Å². The van der Waals surface area contributed by atoms with Gasteiger partial charge in [0.05, 0.1) is 11.1 Å². The standard InChI is InChI=1S/C20H20O4/c21-18(22)16-2-1-12(8-17(16)19(23)24)3-4-20-9-13-5-14(10-20)7-15(6-13)11-20/h1-2,8,13-15H,5-7,9-11H2,(H,21,22)(H,23,24). The highest BCUT2D eigenvalue weighted by atomic mass is 16.4. The molecular formula is C20H20O4. The maximum atomic E-state index is 11.3. The van der Waals surface area contributed by atoms with Crippen LogP contribution in [0.5, 0.6) is 0 Å². The molecule has 1 aromatic carbocycles. The Kier molecular flexibility index (Phi) is 3.42. The third-order valence-corrected chi connectivity index (χ3v) is 5.99. The van der Waals surface area contributed by atoms with Gasteiger partial charge in [0.2, 0.25) is 0 Å². The van der Waals surface area contributed by atoms with E-state index in [1.165, 1.54) is 50.7 Å². The molecule has 4 saturated carbocycles. The fourth-order valence-corrected chi connectivity index (χ4v) is 5.45. The molecule has 0 saturated heterocycles. The normalized spacial score (nSPS) is 32.9. The highest BCUT2D eigenvalue weighted by molar-refractivity contribution is 6.01. The van der Waals surface area contributed by atoms with Crippen LogP contribution in [0.15, 0.2) is 18.2 Å². The van der Waals surface area contributed by atoms with Crippen LogP contribution in [0, 0.1) is 35.0 Å². The van der Waals surface area contributed by atoms with Crippen molar-refractivity contribution in [2.24, 2.45) is 23.2 Å². The summed E-state index contributed by atoms with van der Waals surface area (Å²) in [5.74, 6) is 6.61. The Morgan fingerprint density at radius 2 is 1.46 bits per heavy atom. The van der Waals surface area contributed by atoms with Gasteiger partial charge in [-0.1, -0.05) is 11.8 Å². The number of benzene rings is 1. The van der Waals surface area contributed by atoms with Crippen LogP contribution in [0.1, 0.15) is 64.8 Å². The molecule has 4 fully saturated rings. The van der Waals surface area contributed by atoms with Gasteiger partial charge in [0.1, 0.15) is 0 Å². The van der Waals surface area contributed by atoms with Crippen LogP contribution in [-0.4, -0.2) is 22.2 Å². The summed E-state index contributed by atoms with van der Waals surface area (Å²) in [4.78, 5) is 22.4. The van der Waals surface area contributed by atoms with Gasteiger partial charge in [-0.15, -0.1) is 0 Å². The van der Waals surface area contributed by atoms with Gasteiger partial charge in [-0.25, -0.2) is 9.59 Å². The van der Waals surface area contributed by atoms with Gasteiger partial charge in [0.25, 0.3) is 0 Å². The summed E-state index contributed by atoms with van der Waals surface area (Å²) in [5, 5.41) is 18.3. The second-order valence-corrected chi connectivity index (χ2v) is 7.82. The van der Waals surface area contributed by atoms with Crippen molar-refractivity contribution in [2.75, 3.05) is 0 Å². The molecule has 124 valence electrons. The Bertz CT molecular complexity index is 745. The van der Waals surface area contributed by atoms with Crippen LogP contribution >= 0.6 is 0 Å². The van der Waals surface area contributed by atoms with Crippen LogP contribution in [0.2, 0.25) is 0 Å². The highest BCUT2D eigenvalue weighted by Crippen LogP contribution is 2.59. The molecule has 0 heterocycles. The van der Waals surface area contributed by atoms with Crippen molar-refractivity contribution in [3.63, 3.8) is 0 Å². The van der Waals surface area contributed by atoms with Gasteiger partial charge < -0.3 is 10.2 Å². The summed E-state index contributed by atoms with van der Waals surface area (Å²) in [5.41, 5.74) is 0.305. The third kappa shape index (κ3) is 2.58. The SMILES string of the molecule is O=C(O)c1ccc(C#CC23CC4CC(CC(C4)C2)C3)cc1C(=O)O. The van der Waals surface area contributed by atoms with Gasteiger partial charge in [-0.3, -0.25) is 0 Å². The van der Waals surface area contributed by atoms with Gasteiger partial charge in [-0.05, 0) is 74.5 Å². The number of carboxylic acids is 2. The molecule has 4 aliphatic rings. The zero-order chi connectivity index (χ0) is 16.9. The lowest BCUT2D eigenvalue weighted by molar-refractivity contribution is -0.0181. The van der Waals surface area contributed by atoms with Crippen LogP contribution in [0.25, 0.3) is 0 Å². The Morgan fingerprint density at radius 3 is 1.96 bits per heavy atom. The Morgan fingerprint density at radius 1 is 0.917 bits per heavy atom. The lowest BCUT2D eigenvalue weighted by Crippen LogP contribution is -2.45. The van der Waals surface area contributed by atoms with Crippen molar-refractivity contribution in [2.45, 2.75) is 38.5 Å². The summed E-state index contributed by atoms with van der Waals surface area (Å²) in [6.07, 6.45) is 7.59. The van der Waals surface area contributed by atoms with Crippen molar-refractivity contribution in [3.05, 3.63) is 34.9 Å². The summed E-state index contributed by atoms with van der Waals surface area (Å²) in [6.45, 7) is 0. The molecule has 4 bridgehead atoms. The minimum atomic E-state index is -1.23. The number of aromatic carboxylic acids is 2. The van der Waals surface area contributed by atoms with Gasteiger partial charge in [0.15, 0.2) is 0 Å². The van der Waals surface area contributed by atoms with Gasteiger partial charge in [-0.2, -0.15) is 0 Å². The van der Waals surface area contributed by atoms with Crippen molar-refractivity contribution in [1.29, 1.82) is 0 Å². The molecule has 5 rings (SSSR count). The number of carboxylic acid groups (broad SMARTS) is 2. The lowest BCUT2D eigenvalue weighted by Gasteiger charge is -2.54. The maximum absolute atomic E-state index is 11.3. The van der Waals surface area contributed by atoms with Gasteiger partial charge in [0, 0.05) is 11.0 Å². The van der Waals surface area contributed by atoms with Crippen LogP contribution < -0.4 is 0 Å². The summed E-state index contributed by atoms with van der Waals surface area (Å²) in [7, 11) is 0. The molecule has 4 heteroatoms. The summed E-state index contributed by atoms with van der Waals surface area (Å²) >= 11 is 0. The number of hydrogen-bond acceptors (Lipinski definition) is 2. The monoisotopic (exact) mass is 324 g/mol. The van der Waals surface area contributed by atoms with Crippen LogP contribution in [-0.2, 0) is 0 Å². The zero-order valence-corrected chi connectivity index (χ0v) is 13.4. The Labute approximate surface area is 140 Å². The minimum absolute atomic E-state index is 0.101. The average molecular weight is 324 g/mol. The molecule has 2 N–H and O–H groups in total. The highest BCUT2D eigenvalue weighted by Gasteiger charge is 2.50. The molecule has 24 heavy (non-hydrogen) atoms. The molecule has 0 atom stereocenters. The fraction of sp³-hybridized carbons (Fsp3) is 0.500. The second-order valence-electron chi connectivity index (χ2n) is 7.82. The molecule has 0 amide bonds. The predicted molar refractivity (Wildman–Crippen MR) is 87.8 cm³/mol. The molecule has 0 radical (unpaired) electrons. The first-order valence-electron chi connectivity index (χ1n) is 8.58. The fourth-order valence-electron chi connectivity index (χ4n) is 5.45. The third-order valence-electron chi connectivity index (χ3n) is 5.99. The first-order valence-corrected chi connectivity index (χ1v) is 8.58. The number of rotatable bonds is 2. The van der Waals surface area contributed by atoms with Crippen molar-refractivity contribution in [1.82, 2.24) is 0 Å². The van der Waals surface area contributed by atoms with E-state index in [2.05, 4.69) is 11.8 Å². The van der Waals surface area contributed by atoms with Crippen LogP contribution in [0.4, 0.5) is 0 Å². The van der Waals surface area contributed by atoms with E-state index in [4.69, 9.17) is 5.11 Å². The largest absolute Gasteiger partial charge is 0.478 e. The quantitative estimate of drug-likeness (QED) is 0.814. The first-order chi connectivity index (χ1) is 11.4. The van der Waals surface area contributed by atoms with Crippen molar-refractivity contribution < 1.29 is 19.8 Å². The molecule has 0 spiro atoms. The Hall–Kier alpha value is -2.28. The maximum Gasteiger partial charge on any atom is 0.336 e. The van der Waals surface area contributed by atoms with E-state index in [0.29, 0.717) is 5.56 Å². The van der Waals surface area contributed by atoms with E-state index in [1.54, 1.807) is 6.07 Å². The van der Waals surface area contributed by atoms with E-state index in [1.807, 2.05) is 0 Å². The molecule has 4 aliphatic carbocycles. The average Bonchev–Trinajstić information content (AvgIpc) is 2.51. The van der Waals surface area contributed by atoms with E-state index >= 15 is 0 Å². The number of hydrogen-bond donors (Lipinski definition) is 2. The first kappa shape index (κ1) is 15.3. The van der Waals surface area contributed by atoms with Crippen molar-refractivity contribution in [3.8, 4) is 11.8 Å². The second kappa shape index (κ2) is 5.37. The summed E-state index contributed by atoms with van der Waals surface area (Å²) in [6, 6.07) is 4.35. The molecule has 4 nitrogen and oxygen atoms in total. The Balaban J connectivity index is 1.65. The lowest BCUT2D eigenvalue weighted by atomic mass is 9.50. The molecule has 1 aromatic rings. The minimum Gasteiger partial charge on any atom is -0.478 e. The molecule has 0 unspecified atom stereocenters. The predicted octanol–water partition coefficient (Wildman–Crippen LogP) is 3.65. The molecule has 0 aromatic heterocycles. The van der Waals surface area contributed by atoms with Crippen LogP contribution in [0.3, 0.4) is 0 Å². The topological polar surface area (TPSA) is 74.6 Å². The molecule has 0 aliphatic heterocycles. The smallest absolute Gasteiger partial charge is 0.336 e. The van der Waals surface area contributed by atoms with E-state index < -0.39 is 11.9 Å². The molecular weight excluding hydrogens is 304 g/mol. The zero-order valence-electron chi connectivity index (χ0n) is 13.4. The van der Waals surface area contributed by atoms with E-state index in [0.717, 1.165) is 17.8 Å². The van der Waals surface area contributed by atoms with E-state index in [-0.39, 0.29) is 16.5 Å².